The molecule has 0 radical (unpaired) electrons. The first-order valence-corrected chi connectivity index (χ1v) is 10.7. The smallest absolute Gasteiger partial charge is 0.262 e. The lowest BCUT2D eigenvalue weighted by molar-refractivity contribution is 0.102. The number of amides is 1. The molecule has 2 N–H and O–H groups in total. The van der Waals surface area contributed by atoms with E-state index in [2.05, 4.69) is 10.0 Å². The molecule has 30 heavy (non-hydrogen) atoms. The summed E-state index contributed by atoms with van der Waals surface area (Å²) in [5.74, 6) is -0.394. The zero-order valence-corrected chi connectivity index (χ0v) is 17.7. The van der Waals surface area contributed by atoms with Crippen LogP contribution in [0.3, 0.4) is 0 Å². The highest BCUT2D eigenvalue weighted by atomic mass is 32.2. The number of anilines is 2. The zero-order chi connectivity index (χ0) is 21.9. The Hall–Kier alpha value is -3.63. The average Bonchev–Trinajstić information content (AvgIpc) is 2.71. The van der Waals surface area contributed by atoms with Crippen molar-refractivity contribution in [2.45, 2.75) is 25.7 Å². The molecule has 0 aliphatic carbocycles. The van der Waals surface area contributed by atoms with Gasteiger partial charge in [0.2, 0.25) is 0 Å². The number of nitrogens with zero attached hydrogens (tertiary/aromatic N) is 1. The van der Waals surface area contributed by atoms with E-state index in [1.54, 1.807) is 49.4 Å². The quantitative estimate of drug-likeness (QED) is 0.634. The Bertz CT molecular complexity index is 1260. The molecule has 0 atom stereocenters. The molecule has 0 heterocycles. The number of nitriles is 1. The van der Waals surface area contributed by atoms with Crippen molar-refractivity contribution in [1.82, 2.24) is 0 Å². The van der Waals surface area contributed by atoms with Gasteiger partial charge in [-0.2, -0.15) is 5.26 Å². The number of aryl methyl sites for hydroxylation is 3. The Kier molecular flexibility index (Phi) is 5.90. The lowest BCUT2D eigenvalue weighted by Gasteiger charge is -2.14. The summed E-state index contributed by atoms with van der Waals surface area (Å²) in [6.45, 7) is 5.48. The molecule has 3 rings (SSSR count). The second-order valence-corrected chi connectivity index (χ2v) is 8.70. The number of nitrogens with one attached hydrogen (secondary N) is 2. The minimum atomic E-state index is -3.85. The maximum atomic E-state index is 13.0. The highest BCUT2D eigenvalue weighted by Crippen LogP contribution is 2.25. The maximum absolute atomic E-state index is 13.0. The Morgan fingerprint density at radius 3 is 2.23 bits per heavy atom. The van der Waals surface area contributed by atoms with E-state index in [1.807, 2.05) is 32.0 Å². The van der Waals surface area contributed by atoms with E-state index in [0.717, 1.165) is 11.1 Å². The van der Waals surface area contributed by atoms with Crippen LogP contribution in [0.25, 0.3) is 0 Å². The number of rotatable bonds is 5. The maximum Gasteiger partial charge on any atom is 0.262 e. The van der Waals surface area contributed by atoms with Crippen LogP contribution < -0.4 is 10.0 Å². The first kappa shape index (κ1) is 21.1. The minimum absolute atomic E-state index is 0.0834. The van der Waals surface area contributed by atoms with Crippen molar-refractivity contribution in [2.75, 3.05) is 10.0 Å². The molecule has 3 aromatic carbocycles. The van der Waals surface area contributed by atoms with Crippen molar-refractivity contribution in [1.29, 1.82) is 5.26 Å². The van der Waals surface area contributed by atoms with Gasteiger partial charge in [-0.25, -0.2) is 8.42 Å². The van der Waals surface area contributed by atoms with Gasteiger partial charge in [0, 0.05) is 11.3 Å². The van der Waals surface area contributed by atoms with Gasteiger partial charge in [0.05, 0.1) is 22.2 Å². The van der Waals surface area contributed by atoms with Gasteiger partial charge in [-0.1, -0.05) is 23.8 Å². The lowest BCUT2D eigenvalue weighted by Crippen LogP contribution is -2.16. The van der Waals surface area contributed by atoms with Crippen LogP contribution in [-0.4, -0.2) is 14.3 Å². The summed E-state index contributed by atoms with van der Waals surface area (Å²) in [7, 11) is -3.85. The van der Waals surface area contributed by atoms with Crippen LogP contribution in [0, 0.1) is 32.1 Å². The topological polar surface area (TPSA) is 99.1 Å². The second kappa shape index (κ2) is 8.39. The van der Waals surface area contributed by atoms with Crippen LogP contribution in [0.4, 0.5) is 11.4 Å². The van der Waals surface area contributed by atoms with Crippen molar-refractivity contribution >= 4 is 27.3 Å². The molecule has 0 aliphatic rings. The molecule has 0 spiro atoms. The third-order valence-electron chi connectivity index (χ3n) is 4.64. The lowest BCUT2D eigenvalue weighted by atomic mass is 10.1. The van der Waals surface area contributed by atoms with Crippen LogP contribution >= 0.6 is 0 Å². The first-order chi connectivity index (χ1) is 14.2. The highest BCUT2D eigenvalue weighted by Gasteiger charge is 2.19. The van der Waals surface area contributed by atoms with Gasteiger partial charge in [0.1, 0.15) is 0 Å². The summed E-state index contributed by atoms with van der Waals surface area (Å²) in [5, 5.41) is 11.6. The van der Waals surface area contributed by atoms with Crippen LogP contribution in [0.1, 0.15) is 32.6 Å². The largest absolute Gasteiger partial charge is 0.322 e. The molecule has 3 aromatic rings. The summed E-state index contributed by atoms with van der Waals surface area (Å²) in [5.41, 5.74) is 4.10. The summed E-state index contributed by atoms with van der Waals surface area (Å²) in [6, 6.07) is 18.4. The fraction of sp³-hybridized carbons (Fsp3) is 0.130. The number of hydrogen-bond acceptors (Lipinski definition) is 4. The van der Waals surface area contributed by atoms with E-state index >= 15 is 0 Å². The Labute approximate surface area is 176 Å². The number of carbonyl (C=O) groups is 1. The molecule has 0 saturated carbocycles. The third kappa shape index (κ3) is 4.67. The van der Waals surface area contributed by atoms with Crippen LogP contribution in [-0.2, 0) is 10.0 Å². The molecule has 7 heteroatoms. The molecule has 0 aliphatic heterocycles. The molecule has 0 saturated heterocycles. The van der Waals surface area contributed by atoms with Crippen molar-refractivity contribution in [3.8, 4) is 6.07 Å². The summed E-state index contributed by atoms with van der Waals surface area (Å²) in [6.07, 6.45) is 0. The van der Waals surface area contributed by atoms with Gasteiger partial charge in [0.25, 0.3) is 15.9 Å². The number of hydrogen-bond donors (Lipinski definition) is 2. The predicted octanol–water partition coefficient (Wildman–Crippen LogP) is 4.54. The van der Waals surface area contributed by atoms with E-state index in [9.17, 15) is 13.2 Å². The van der Waals surface area contributed by atoms with E-state index < -0.39 is 15.9 Å². The monoisotopic (exact) mass is 419 g/mol. The fourth-order valence-corrected chi connectivity index (χ4v) is 4.40. The third-order valence-corrected chi connectivity index (χ3v) is 6.15. The van der Waals surface area contributed by atoms with Gasteiger partial charge < -0.3 is 5.32 Å². The van der Waals surface area contributed by atoms with Gasteiger partial charge in [0.15, 0.2) is 0 Å². The number of carbonyl (C=O) groups excluding carboxylic acids is 1. The average molecular weight is 420 g/mol. The van der Waals surface area contributed by atoms with Crippen LogP contribution in [0.15, 0.2) is 65.6 Å². The normalized spacial score (nSPS) is 10.9. The van der Waals surface area contributed by atoms with Gasteiger partial charge >= 0.3 is 0 Å². The van der Waals surface area contributed by atoms with Gasteiger partial charge in [-0.15, -0.1) is 0 Å². The van der Waals surface area contributed by atoms with E-state index in [0.29, 0.717) is 28.1 Å². The highest BCUT2D eigenvalue weighted by molar-refractivity contribution is 7.92. The van der Waals surface area contributed by atoms with Gasteiger partial charge in [-0.3, -0.25) is 9.52 Å². The molecule has 0 bridgehead atoms. The van der Waals surface area contributed by atoms with E-state index in [1.165, 1.54) is 6.07 Å². The molecule has 0 aromatic heterocycles. The first-order valence-electron chi connectivity index (χ1n) is 9.22. The second-order valence-electron chi connectivity index (χ2n) is 7.05. The minimum Gasteiger partial charge on any atom is -0.322 e. The van der Waals surface area contributed by atoms with Crippen LogP contribution in [0.2, 0.25) is 0 Å². The van der Waals surface area contributed by atoms with Crippen molar-refractivity contribution in [2.24, 2.45) is 0 Å². The number of sulfonamides is 1. The molecular formula is C23H21N3O3S. The zero-order valence-electron chi connectivity index (χ0n) is 16.9. The van der Waals surface area contributed by atoms with Crippen molar-refractivity contribution in [3.63, 3.8) is 0 Å². The van der Waals surface area contributed by atoms with Crippen LogP contribution in [0.5, 0.6) is 0 Å². The molecule has 0 unspecified atom stereocenters. The summed E-state index contributed by atoms with van der Waals surface area (Å²) in [4.78, 5) is 12.6. The Morgan fingerprint density at radius 2 is 1.60 bits per heavy atom. The van der Waals surface area contributed by atoms with Crippen molar-refractivity contribution in [3.05, 3.63) is 88.5 Å². The standard InChI is InChI=1S/C23H21N3O3S/c1-15-4-11-21(17(3)12-15)26-30(28,29)22-13-20(10-5-16(22)2)25-23(27)19-8-6-18(14-24)7-9-19/h4-13,26H,1-3H3,(H,25,27). The predicted molar refractivity (Wildman–Crippen MR) is 117 cm³/mol. The number of benzene rings is 3. The molecule has 1 amide bonds. The summed E-state index contributed by atoms with van der Waals surface area (Å²) < 4.78 is 28.6. The molecular weight excluding hydrogens is 398 g/mol. The van der Waals surface area contributed by atoms with Gasteiger partial charge in [-0.05, 0) is 74.4 Å². The molecule has 0 fully saturated rings. The van der Waals surface area contributed by atoms with E-state index in [4.69, 9.17) is 5.26 Å². The fourth-order valence-electron chi connectivity index (χ4n) is 2.99. The Balaban J connectivity index is 1.86. The van der Waals surface area contributed by atoms with E-state index in [-0.39, 0.29) is 4.90 Å². The molecule has 152 valence electrons. The summed E-state index contributed by atoms with van der Waals surface area (Å²) >= 11 is 0. The Morgan fingerprint density at radius 1 is 0.900 bits per heavy atom. The SMILES string of the molecule is Cc1ccc(NS(=O)(=O)c2cc(NC(=O)c3ccc(C#N)cc3)ccc2C)c(C)c1. The van der Waals surface area contributed by atoms with Crippen molar-refractivity contribution < 1.29 is 13.2 Å². The molecule has 6 nitrogen and oxygen atoms in total.